The molecule has 0 saturated carbocycles. The summed E-state index contributed by atoms with van der Waals surface area (Å²) in [4.78, 5) is 0. The first kappa shape index (κ1) is 8.01. The predicted molar refractivity (Wildman–Crippen MR) is 50.2 cm³/mol. The number of rotatable bonds is 1. The van der Waals surface area contributed by atoms with E-state index in [4.69, 9.17) is 11.6 Å². The van der Waals surface area contributed by atoms with Gasteiger partial charge < -0.3 is 0 Å². The van der Waals surface area contributed by atoms with Gasteiger partial charge in [-0.3, -0.25) is 4.40 Å². The van der Waals surface area contributed by atoms with E-state index in [0.717, 1.165) is 15.9 Å². The molecule has 62 valence electrons. The van der Waals surface area contributed by atoms with Gasteiger partial charge >= 0.3 is 0 Å². The highest BCUT2D eigenvalue weighted by Crippen LogP contribution is 2.13. The molecule has 2 aromatic rings. The van der Waals surface area contributed by atoms with Gasteiger partial charge in [-0.1, -0.05) is 15.9 Å². The highest BCUT2D eigenvalue weighted by atomic mass is 79.9. The summed E-state index contributed by atoms with van der Waals surface area (Å²) in [6.45, 7) is 0. The summed E-state index contributed by atoms with van der Waals surface area (Å²) in [5.74, 6) is 1.14. The van der Waals surface area contributed by atoms with Gasteiger partial charge in [0.15, 0.2) is 11.5 Å². The van der Waals surface area contributed by atoms with Crippen LogP contribution in [0.2, 0.25) is 0 Å². The highest BCUT2D eigenvalue weighted by molar-refractivity contribution is 9.10. The monoisotopic (exact) mass is 245 g/mol. The molecule has 0 spiro atoms. The number of pyridine rings is 1. The quantitative estimate of drug-likeness (QED) is 0.722. The zero-order valence-corrected chi connectivity index (χ0v) is 8.38. The lowest BCUT2D eigenvalue weighted by Crippen LogP contribution is -1.89. The molecule has 3 nitrogen and oxygen atoms in total. The van der Waals surface area contributed by atoms with Gasteiger partial charge in [0.25, 0.3) is 0 Å². The lowest BCUT2D eigenvalue weighted by molar-refractivity contribution is 0.986. The van der Waals surface area contributed by atoms with E-state index in [1.54, 1.807) is 0 Å². The molecule has 0 saturated heterocycles. The standard InChI is InChI=1S/C7H5BrClN3/c8-5-1-2-12-6(3-5)10-11-7(12)4-9/h1-3H,4H2. The number of hydrogen-bond donors (Lipinski definition) is 0. The zero-order chi connectivity index (χ0) is 8.55. The fraction of sp³-hybridized carbons (Fsp3) is 0.143. The first-order valence-electron chi connectivity index (χ1n) is 3.36. The van der Waals surface area contributed by atoms with Crippen molar-refractivity contribution in [2.75, 3.05) is 0 Å². The summed E-state index contributed by atoms with van der Waals surface area (Å²) >= 11 is 9.00. The van der Waals surface area contributed by atoms with Crippen LogP contribution in [0.5, 0.6) is 0 Å². The van der Waals surface area contributed by atoms with Crippen LogP contribution in [0, 0.1) is 0 Å². The lowest BCUT2D eigenvalue weighted by atomic mass is 10.5. The molecule has 0 aliphatic carbocycles. The summed E-state index contributed by atoms with van der Waals surface area (Å²) in [5.41, 5.74) is 0.806. The van der Waals surface area contributed by atoms with Crippen LogP contribution in [-0.2, 0) is 5.88 Å². The molecule has 0 aliphatic heterocycles. The molecule has 2 heterocycles. The van der Waals surface area contributed by atoms with Crippen molar-refractivity contribution in [3.63, 3.8) is 0 Å². The fourth-order valence-electron chi connectivity index (χ4n) is 1.01. The second-order valence-electron chi connectivity index (χ2n) is 2.32. The summed E-state index contributed by atoms with van der Waals surface area (Å²) in [6, 6.07) is 3.81. The molecular weight excluding hydrogens is 241 g/mol. The first-order valence-corrected chi connectivity index (χ1v) is 4.69. The smallest absolute Gasteiger partial charge is 0.161 e. The summed E-state index contributed by atoms with van der Waals surface area (Å²) in [5, 5.41) is 7.86. The zero-order valence-electron chi connectivity index (χ0n) is 6.04. The maximum Gasteiger partial charge on any atom is 0.161 e. The summed E-state index contributed by atoms with van der Waals surface area (Å²) in [6.07, 6.45) is 1.89. The van der Waals surface area contributed by atoms with E-state index in [0.29, 0.717) is 5.88 Å². The molecule has 0 bridgehead atoms. The Morgan fingerprint density at radius 3 is 3.08 bits per heavy atom. The number of halogens is 2. The minimum absolute atomic E-state index is 0.378. The van der Waals surface area contributed by atoms with E-state index in [1.165, 1.54) is 0 Å². The SMILES string of the molecule is ClCc1nnc2cc(Br)ccn12. The van der Waals surface area contributed by atoms with Crippen molar-refractivity contribution in [1.29, 1.82) is 0 Å². The van der Waals surface area contributed by atoms with Crippen molar-refractivity contribution in [3.05, 3.63) is 28.6 Å². The van der Waals surface area contributed by atoms with Crippen LogP contribution < -0.4 is 0 Å². The summed E-state index contributed by atoms with van der Waals surface area (Å²) in [7, 11) is 0. The number of hydrogen-bond acceptors (Lipinski definition) is 2. The minimum Gasteiger partial charge on any atom is -0.285 e. The van der Waals surface area contributed by atoms with Crippen LogP contribution in [0.3, 0.4) is 0 Å². The minimum atomic E-state index is 0.378. The number of alkyl halides is 1. The molecule has 12 heavy (non-hydrogen) atoms. The Kier molecular flexibility index (Phi) is 2.02. The maximum absolute atomic E-state index is 5.65. The lowest BCUT2D eigenvalue weighted by Gasteiger charge is -1.94. The van der Waals surface area contributed by atoms with E-state index in [9.17, 15) is 0 Å². The molecule has 0 unspecified atom stereocenters. The summed E-state index contributed by atoms with van der Waals surface area (Å²) < 4.78 is 2.85. The maximum atomic E-state index is 5.65. The van der Waals surface area contributed by atoms with E-state index >= 15 is 0 Å². The number of aromatic nitrogens is 3. The molecule has 0 amide bonds. The molecule has 0 aromatic carbocycles. The molecule has 0 radical (unpaired) electrons. The van der Waals surface area contributed by atoms with Gasteiger partial charge in [-0.25, -0.2) is 0 Å². The topological polar surface area (TPSA) is 30.2 Å². The molecular formula is C7H5BrClN3. The third-order valence-corrected chi connectivity index (χ3v) is 2.29. The Labute approximate surface area is 82.5 Å². The van der Waals surface area contributed by atoms with Crippen molar-refractivity contribution in [2.45, 2.75) is 5.88 Å². The molecule has 5 heteroatoms. The third kappa shape index (κ3) is 1.21. The highest BCUT2D eigenvalue weighted by Gasteiger charge is 2.02. The molecule has 0 atom stereocenters. The van der Waals surface area contributed by atoms with Crippen LogP contribution in [0.4, 0.5) is 0 Å². The molecule has 2 rings (SSSR count). The largest absolute Gasteiger partial charge is 0.285 e. The Morgan fingerprint density at radius 1 is 1.50 bits per heavy atom. The third-order valence-electron chi connectivity index (χ3n) is 1.56. The van der Waals surface area contributed by atoms with Gasteiger partial charge in [0, 0.05) is 10.7 Å². The first-order chi connectivity index (χ1) is 5.81. The van der Waals surface area contributed by atoms with Crippen LogP contribution in [0.15, 0.2) is 22.8 Å². The average Bonchev–Trinajstić information content (AvgIpc) is 2.46. The van der Waals surface area contributed by atoms with Crippen LogP contribution >= 0.6 is 27.5 Å². The number of nitrogens with zero attached hydrogens (tertiary/aromatic N) is 3. The Morgan fingerprint density at radius 2 is 2.33 bits per heavy atom. The van der Waals surface area contributed by atoms with Crippen LogP contribution in [0.25, 0.3) is 5.65 Å². The van der Waals surface area contributed by atoms with E-state index < -0.39 is 0 Å². The van der Waals surface area contributed by atoms with Gasteiger partial charge in [-0.15, -0.1) is 21.8 Å². The van der Waals surface area contributed by atoms with Gasteiger partial charge in [-0.2, -0.15) is 0 Å². The van der Waals surface area contributed by atoms with Crippen molar-refractivity contribution < 1.29 is 0 Å². The average molecular weight is 246 g/mol. The van der Waals surface area contributed by atoms with Gasteiger partial charge in [0.2, 0.25) is 0 Å². The van der Waals surface area contributed by atoms with Gasteiger partial charge in [0.05, 0.1) is 5.88 Å². The van der Waals surface area contributed by atoms with Crippen molar-refractivity contribution in [2.24, 2.45) is 0 Å². The Balaban J connectivity index is 2.73. The van der Waals surface area contributed by atoms with Crippen molar-refractivity contribution >= 4 is 33.2 Å². The predicted octanol–water partition coefficient (Wildman–Crippen LogP) is 2.23. The van der Waals surface area contributed by atoms with E-state index in [1.807, 2.05) is 22.7 Å². The second-order valence-corrected chi connectivity index (χ2v) is 3.51. The van der Waals surface area contributed by atoms with Crippen molar-refractivity contribution in [3.8, 4) is 0 Å². The molecule has 0 N–H and O–H groups in total. The van der Waals surface area contributed by atoms with E-state index in [2.05, 4.69) is 26.1 Å². The normalized spacial score (nSPS) is 10.8. The van der Waals surface area contributed by atoms with E-state index in [-0.39, 0.29) is 0 Å². The fourth-order valence-corrected chi connectivity index (χ4v) is 1.51. The second kappa shape index (κ2) is 3.03. The molecule has 0 aliphatic rings. The molecule has 2 aromatic heterocycles. The Bertz CT molecular complexity index is 412. The number of fused-ring (bicyclic) bond motifs is 1. The van der Waals surface area contributed by atoms with Gasteiger partial charge in [-0.05, 0) is 12.1 Å². The van der Waals surface area contributed by atoms with Gasteiger partial charge in [0.1, 0.15) is 0 Å². The van der Waals surface area contributed by atoms with Crippen LogP contribution in [0.1, 0.15) is 5.82 Å². The molecule has 0 fully saturated rings. The van der Waals surface area contributed by atoms with Crippen LogP contribution in [-0.4, -0.2) is 14.6 Å². The van der Waals surface area contributed by atoms with Crippen molar-refractivity contribution in [1.82, 2.24) is 14.6 Å². The Hall–Kier alpha value is -0.610.